The second-order valence-corrected chi connectivity index (χ2v) is 6.48. The molecule has 0 radical (unpaired) electrons. The first-order valence-electron chi connectivity index (χ1n) is 8.62. The molecule has 3 aromatic rings. The molecule has 0 saturated heterocycles. The lowest BCUT2D eigenvalue weighted by molar-refractivity contribution is -0.138. The molecule has 27 heavy (non-hydrogen) atoms. The van der Waals surface area contributed by atoms with Crippen LogP contribution in [-0.4, -0.2) is 34.1 Å². The van der Waals surface area contributed by atoms with Crippen molar-refractivity contribution in [2.24, 2.45) is 0 Å². The molecule has 1 atom stereocenters. The van der Waals surface area contributed by atoms with E-state index in [4.69, 9.17) is 20.9 Å². The normalized spacial score (nSPS) is 11.8. The van der Waals surface area contributed by atoms with Gasteiger partial charge in [-0.2, -0.15) is 4.98 Å². The van der Waals surface area contributed by atoms with E-state index in [9.17, 15) is 4.79 Å². The Morgan fingerprint density at radius 3 is 2.56 bits per heavy atom. The molecule has 0 N–H and O–H groups in total. The molecule has 0 aliphatic rings. The Kier molecular flexibility index (Phi) is 6.08. The number of likely N-dealkylation sites (N-methyl/N-ethyl adjacent to an activating group) is 1. The van der Waals surface area contributed by atoms with E-state index < -0.39 is 6.10 Å². The number of carbonyl (C=O) groups excluding carboxylic acids is 1. The maximum Gasteiger partial charge on any atom is 0.263 e. The molecule has 0 fully saturated rings. The third-order valence-electron chi connectivity index (χ3n) is 3.99. The molecule has 0 bridgehead atoms. The van der Waals surface area contributed by atoms with Gasteiger partial charge in [0.25, 0.3) is 5.91 Å². The number of carbonyl (C=O) groups is 1. The summed E-state index contributed by atoms with van der Waals surface area (Å²) in [5.41, 5.74) is 0.860. The minimum absolute atomic E-state index is 0.160. The summed E-state index contributed by atoms with van der Waals surface area (Å²) in [5, 5.41) is 4.59. The van der Waals surface area contributed by atoms with Crippen LogP contribution in [0.15, 0.2) is 59.1 Å². The lowest BCUT2D eigenvalue weighted by Crippen LogP contribution is -2.39. The van der Waals surface area contributed by atoms with Gasteiger partial charge >= 0.3 is 0 Å². The SMILES string of the molecule is CCC(Oc1ccc(Cl)cc1)C(=O)N(C)Cc1nc(-c2ccccc2)no1. The molecule has 1 unspecified atom stereocenters. The number of rotatable bonds is 7. The van der Waals surface area contributed by atoms with Crippen LogP contribution in [0.5, 0.6) is 5.75 Å². The fourth-order valence-corrected chi connectivity index (χ4v) is 2.66. The molecule has 7 heteroatoms. The van der Waals surface area contributed by atoms with Crippen LogP contribution >= 0.6 is 11.6 Å². The van der Waals surface area contributed by atoms with Gasteiger partial charge in [0.1, 0.15) is 5.75 Å². The first-order chi connectivity index (χ1) is 13.1. The van der Waals surface area contributed by atoms with Crippen molar-refractivity contribution in [1.29, 1.82) is 0 Å². The van der Waals surface area contributed by atoms with Crippen LogP contribution in [0.2, 0.25) is 5.02 Å². The minimum Gasteiger partial charge on any atom is -0.481 e. The lowest BCUT2D eigenvalue weighted by Gasteiger charge is -2.22. The number of ether oxygens (including phenoxy) is 1. The van der Waals surface area contributed by atoms with E-state index in [0.29, 0.717) is 28.9 Å². The van der Waals surface area contributed by atoms with E-state index in [0.717, 1.165) is 5.56 Å². The van der Waals surface area contributed by atoms with Crippen molar-refractivity contribution in [2.45, 2.75) is 26.0 Å². The summed E-state index contributed by atoms with van der Waals surface area (Å²) >= 11 is 5.88. The number of benzene rings is 2. The molecule has 0 saturated carbocycles. The summed E-state index contributed by atoms with van der Waals surface area (Å²) in [6, 6.07) is 16.4. The molecular weight excluding hydrogens is 366 g/mol. The second kappa shape index (κ2) is 8.68. The van der Waals surface area contributed by atoms with Crippen LogP contribution < -0.4 is 4.74 Å². The number of nitrogens with zero attached hydrogens (tertiary/aromatic N) is 3. The first kappa shape index (κ1) is 18.9. The number of halogens is 1. The molecule has 2 aromatic carbocycles. The summed E-state index contributed by atoms with van der Waals surface area (Å²) < 4.78 is 11.1. The number of hydrogen-bond acceptors (Lipinski definition) is 5. The largest absolute Gasteiger partial charge is 0.481 e. The fraction of sp³-hybridized carbons (Fsp3) is 0.250. The van der Waals surface area contributed by atoms with Gasteiger partial charge in [0.15, 0.2) is 6.10 Å². The van der Waals surface area contributed by atoms with Crippen molar-refractivity contribution in [3.8, 4) is 17.1 Å². The molecule has 140 valence electrons. The van der Waals surface area contributed by atoms with Crippen molar-refractivity contribution < 1.29 is 14.1 Å². The van der Waals surface area contributed by atoms with Crippen molar-refractivity contribution in [1.82, 2.24) is 15.0 Å². The van der Waals surface area contributed by atoms with Gasteiger partial charge in [-0.05, 0) is 30.7 Å². The van der Waals surface area contributed by atoms with Gasteiger partial charge in [-0.15, -0.1) is 0 Å². The second-order valence-electron chi connectivity index (χ2n) is 6.04. The third kappa shape index (κ3) is 4.86. The Balaban J connectivity index is 1.64. The number of hydrogen-bond donors (Lipinski definition) is 0. The smallest absolute Gasteiger partial charge is 0.263 e. The molecule has 6 nitrogen and oxygen atoms in total. The highest BCUT2D eigenvalue weighted by molar-refractivity contribution is 6.30. The molecule has 1 amide bonds. The van der Waals surface area contributed by atoms with E-state index in [1.54, 1.807) is 31.3 Å². The van der Waals surface area contributed by atoms with Crippen LogP contribution in [0.4, 0.5) is 0 Å². The molecular formula is C20H20ClN3O3. The van der Waals surface area contributed by atoms with E-state index >= 15 is 0 Å². The molecule has 0 aliphatic carbocycles. The van der Waals surface area contributed by atoms with Crippen LogP contribution in [0, 0.1) is 0 Å². The zero-order valence-electron chi connectivity index (χ0n) is 15.1. The van der Waals surface area contributed by atoms with Gasteiger partial charge in [-0.25, -0.2) is 0 Å². The van der Waals surface area contributed by atoms with Crippen molar-refractivity contribution in [3.63, 3.8) is 0 Å². The van der Waals surface area contributed by atoms with Gasteiger partial charge in [0.2, 0.25) is 11.7 Å². The van der Waals surface area contributed by atoms with Crippen LogP contribution in [0.3, 0.4) is 0 Å². The molecule has 0 aliphatic heterocycles. The Bertz CT molecular complexity index is 881. The van der Waals surface area contributed by atoms with Crippen LogP contribution in [-0.2, 0) is 11.3 Å². The fourth-order valence-electron chi connectivity index (χ4n) is 2.54. The van der Waals surface area contributed by atoms with Crippen LogP contribution in [0.25, 0.3) is 11.4 Å². The maximum absolute atomic E-state index is 12.7. The highest BCUT2D eigenvalue weighted by Crippen LogP contribution is 2.19. The highest BCUT2D eigenvalue weighted by Gasteiger charge is 2.24. The lowest BCUT2D eigenvalue weighted by atomic mass is 10.2. The van der Waals surface area contributed by atoms with Gasteiger partial charge in [-0.3, -0.25) is 4.79 Å². The highest BCUT2D eigenvalue weighted by atomic mass is 35.5. The third-order valence-corrected chi connectivity index (χ3v) is 4.24. The van der Waals surface area contributed by atoms with E-state index in [1.165, 1.54) is 4.90 Å². The van der Waals surface area contributed by atoms with Crippen LogP contribution in [0.1, 0.15) is 19.2 Å². The average molecular weight is 386 g/mol. The zero-order valence-corrected chi connectivity index (χ0v) is 15.9. The monoisotopic (exact) mass is 385 g/mol. The minimum atomic E-state index is -0.604. The molecule has 0 spiro atoms. The van der Waals surface area contributed by atoms with Gasteiger partial charge in [-0.1, -0.05) is 54.0 Å². The van der Waals surface area contributed by atoms with E-state index in [-0.39, 0.29) is 12.5 Å². The first-order valence-corrected chi connectivity index (χ1v) is 9.00. The molecule has 1 heterocycles. The Hall–Kier alpha value is -2.86. The quantitative estimate of drug-likeness (QED) is 0.609. The van der Waals surface area contributed by atoms with Crippen molar-refractivity contribution in [3.05, 3.63) is 65.5 Å². The van der Waals surface area contributed by atoms with Gasteiger partial charge in [0.05, 0.1) is 6.54 Å². The van der Waals surface area contributed by atoms with Crippen molar-refractivity contribution >= 4 is 17.5 Å². The summed E-state index contributed by atoms with van der Waals surface area (Å²) in [6.45, 7) is 2.10. The summed E-state index contributed by atoms with van der Waals surface area (Å²) in [6.07, 6.45) is -0.0714. The van der Waals surface area contributed by atoms with Gasteiger partial charge in [0, 0.05) is 17.6 Å². The molecule has 3 rings (SSSR count). The van der Waals surface area contributed by atoms with E-state index in [1.807, 2.05) is 37.3 Å². The Morgan fingerprint density at radius 1 is 1.19 bits per heavy atom. The van der Waals surface area contributed by atoms with E-state index in [2.05, 4.69) is 10.1 Å². The standard InChI is InChI=1S/C20H20ClN3O3/c1-3-17(26-16-11-9-15(21)10-12-16)20(25)24(2)13-18-22-19(23-27-18)14-7-5-4-6-8-14/h4-12,17H,3,13H2,1-2H3. The Morgan fingerprint density at radius 2 is 1.89 bits per heavy atom. The number of amides is 1. The summed E-state index contributed by atoms with van der Waals surface area (Å²) in [5.74, 6) is 1.30. The predicted molar refractivity (Wildman–Crippen MR) is 102 cm³/mol. The average Bonchev–Trinajstić information content (AvgIpc) is 3.16. The predicted octanol–water partition coefficient (Wildman–Crippen LogP) is 4.21. The zero-order chi connectivity index (χ0) is 19.2. The number of aromatic nitrogens is 2. The summed E-state index contributed by atoms with van der Waals surface area (Å²) in [4.78, 5) is 18.6. The van der Waals surface area contributed by atoms with Gasteiger partial charge < -0.3 is 14.2 Å². The van der Waals surface area contributed by atoms with Crippen molar-refractivity contribution in [2.75, 3.05) is 7.05 Å². The summed E-state index contributed by atoms with van der Waals surface area (Å²) in [7, 11) is 1.68. The molecule has 1 aromatic heterocycles. The Labute approximate surface area is 162 Å². The topological polar surface area (TPSA) is 68.5 Å². The maximum atomic E-state index is 12.7.